The van der Waals surface area contributed by atoms with Crippen molar-refractivity contribution in [2.24, 2.45) is 5.92 Å². The molecule has 1 amide bonds. The van der Waals surface area contributed by atoms with Gasteiger partial charge in [0, 0.05) is 19.2 Å². The zero-order valence-electron chi connectivity index (χ0n) is 18.5. The Kier molecular flexibility index (Phi) is 6.93. The molecule has 7 heteroatoms. The number of piperidine rings is 1. The zero-order valence-corrected chi connectivity index (χ0v) is 18.5. The molecule has 2 aromatic carbocycles. The highest BCUT2D eigenvalue weighted by Crippen LogP contribution is 2.34. The second-order valence-corrected chi connectivity index (χ2v) is 8.72. The summed E-state index contributed by atoms with van der Waals surface area (Å²) in [6.45, 7) is 1.22. The zero-order chi connectivity index (χ0) is 22.5. The Morgan fingerprint density at radius 1 is 1.06 bits per heavy atom. The number of amides is 1. The fraction of sp³-hybridized carbons (Fsp3) is 0.480. The summed E-state index contributed by atoms with van der Waals surface area (Å²) in [5.74, 6) is 1.79. The molecular weight excluding hydrogens is 408 g/mol. The first-order valence-corrected chi connectivity index (χ1v) is 11.4. The summed E-state index contributed by atoms with van der Waals surface area (Å²) in [4.78, 5) is 25.4. The van der Waals surface area contributed by atoms with Gasteiger partial charge in [-0.05, 0) is 74.6 Å². The number of ether oxygens (including phenoxy) is 2. The molecular formula is C25H30N2O5. The normalized spacial score (nSPS) is 17.3. The summed E-state index contributed by atoms with van der Waals surface area (Å²) in [5, 5.41) is 11.3. The number of nitro benzene ring substituents is 1. The van der Waals surface area contributed by atoms with Crippen LogP contribution in [0.4, 0.5) is 5.69 Å². The first kappa shape index (κ1) is 22.1. The predicted octanol–water partition coefficient (Wildman–Crippen LogP) is 5.02. The van der Waals surface area contributed by atoms with E-state index < -0.39 is 4.92 Å². The molecule has 2 aromatic rings. The third-order valence-electron chi connectivity index (χ3n) is 6.58. The average molecular weight is 439 g/mol. The average Bonchev–Trinajstić information content (AvgIpc) is 3.32. The summed E-state index contributed by atoms with van der Waals surface area (Å²) in [6, 6.07) is 12.3. The van der Waals surface area contributed by atoms with Gasteiger partial charge in [0.15, 0.2) is 11.5 Å². The lowest BCUT2D eigenvalue weighted by atomic mass is 9.89. The van der Waals surface area contributed by atoms with Crippen molar-refractivity contribution in [2.45, 2.75) is 51.0 Å². The molecule has 0 bridgehead atoms. The number of rotatable bonds is 7. The maximum Gasteiger partial charge on any atom is 0.282 e. The monoisotopic (exact) mass is 438 g/mol. The van der Waals surface area contributed by atoms with E-state index in [0.29, 0.717) is 19.0 Å². The molecule has 4 rings (SSSR count). The fourth-order valence-corrected chi connectivity index (χ4v) is 4.78. The van der Waals surface area contributed by atoms with E-state index in [1.54, 1.807) is 24.1 Å². The number of carbonyl (C=O) groups is 1. The number of para-hydroxylation sites is 1. The lowest BCUT2D eigenvalue weighted by Crippen LogP contribution is -2.39. The number of methoxy groups -OCH3 is 1. The van der Waals surface area contributed by atoms with Gasteiger partial charge in [0.1, 0.15) is 5.56 Å². The highest BCUT2D eigenvalue weighted by atomic mass is 16.6. The van der Waals surface area contributed by atoms with Crippen molar-refractivity contribution in [3.8, 4) is 11.5 Å². The molecule has 0 atom stereocenters. The van der Waals surface area contributed by atoms with Gasteiger partial charge >= 0.3 is 0 Å². The van der Waals surface area contributed by atoms with Crippen LogP contribution in [0.3, 0.4) is 0 Å². The van der Waals surface area contributed by atoms with E-state index in [2.05, 4.69) is 12.1 Å². The molecule has 1 aliphatic carbocycles. The van der Waals surface area contributed by atoms with Gasteiger partial charge in [-0.1, -0.05) is 18.2 Å². The lowest BCUT2D eigenvalue weighted by molar-refractivity contribution is -0.385. The van der Waals surface area contributed by atoms with Gasteiger partial charge in [0.05, 0.1) is 18.1 Å². The second-order valence-electron chi connectivity index (χ2n) is 8.72. The Balaban J connectivity index is 1.37. The molecule has 32 heavy (non-hydrogen) atoms. The van der Waals surface area contributed by atoms with Gasteiger partial charge in [-0.15, -0.1) is 0 Å². The highest BCUT2D eigenvalue weighted by Gasteiger charge is 2.28. The van der Waals surface area contributed by atoms with Crippen LogP contribution in [-0.2, 0) is 6.42 Å². The van der Waals surface area contributed by atoms with Crippen molar-refractivity contribution in [3.05, 3.63) is 63.7 Å². The van der Waals surface area contributed by atoms with Crippen molar-refractivity contribution < 1.29 is 19.2 Å². The minimum absolute atomic E-state index is 0.132. The molecule has 0 unspecified atom stereocenters. The van der Waals surface area contributed by atoms with Gasteiger partial charge in [0.25, 0.3) is 11.6 Å². The van der Waals surface area contributed by atoms with Crippen LogP contribution in [-0.4, -0.2) is 42.0 Å². The number of likely N-dealkylation sites (tertiary alicyclic amines) is 1. The molecule has 1 saturated carbocycles. The molecule has 0 spiro atoms. The van der Waals surface area contributed by atoms with Crippen LogP contribution in [0.5, 0.6) is 11.5 Å². The molecule has 0 radical (unpaired) electrons. The molecule has 0 N–H and O–H groups in total. The number of hydrogen-bond donors (Lipinski definition) is 0. The summed E-state index contributed by atoms with van der Waals surface area (Å²) in [6.07, 6.45) is 7.56. The van der Waals surface area contributed by atoms with E-state index in [4.69, 9.17) is 9.47 Å². The maximum atomic E-state index is 12.9. The Morgan fingerprint density at radius 3 is 2.47 bits per heavy atom. The van der Waals surface area contributed by atoms with Gasteiger partial charge in [-0.3, -0.25) is 14.9 Å². The molecule has 0 aromatic heterocycles. The number of hydrogen-bond acceptors (Lipinski definition) is 5. The van der Waals surface area contributed by atoms with Crippen molar-refractivity contribution in [1.29, 1.82) is 0 Å². The van der Waals surface area contributed by atoms with Crippen LogP contribution in [0.1, 0.15) is 54.4 Å². The SMILES string of the molecule is COc1ccc(CC2CCN(C(=O)c3ccccc3[N+](=O)[O-])CC2)cc1OC1CCCC1. The van der Waals surface area contributed by atoms with Crippen LogP contribution in [0.2, 0.25) is 0 Å². The summed E-state index contributed by atoms with van der Waals surface area (Å²) >= 11 is 0. The van der Waals surface area contributed by atoms with E-state index in [-0.39, 0.29) is 23.3 Å². The summed E-state index contributed by atoms with van der Waals surface area (Å²) in [5.41, 5.74) is 1.25. The Morgan fingerprint density at radius 2 is 1.78 bits per heavy atom. The van der Waals surface area contributed by atoms with Crippen molar-refractivity contribution in [2.75, 3.05) is 20.2 Å². The van der Waals surface area contributed by atoms with E-state index in [1.165, 1.54) is 30.5 Å². The Labute approximate surface area is 188 Å². The third-order valence-corrected chi connectivity index (χ3v) is 6.58. The minimum atomic E-state index is -0.491. The lowest BCUT2D eigenvalue weighted by Gasteiger charge is -2.32. The van der Waals surface area contributed by atoms with E-state index >= 15 is 0 Å². The molecule has 1 aliphatic heterocycles. The number of nitrogens with zero attached hydrogens (tertiary/aromatic N) is 2. The smallest absolute Gasteiger partial charge is 0.282 e. The number of benzene rings is 2. The van der Waals surface area contributed by atoms with Crippen molar-refractivity contribution in [1.82, 2.24) is 4.90 Å². The Hall–Kier alpha value is -3.09. The molecule has 2 fully saturated rings. The maximum absolute atomic E-state index is 12.9. The van der Waals surface area contributed by atoms with E-state index in [0.717, 1.165) is 43.6 Å². The molecule has 1 saturated heterocycles. The van der Waals surface area contributed by atoms with E-state index in [9.17, 15) is 14.9 Å². The highest BCUT2D eigenvalue weighted by molar-refractivity contribution is 5.98. The molecule has 170 valence electrons. The van der Waals surface area contributed by atoms with Gasteiger partial charge in [-0.2, -0.15) is 0 Å². The quantitative estimate of drug-likeness (QED) is 0.448. The van der Waals surface area contributed by atoms with E-state index in [1.807, 2.05) is 6.07 Å². The van der Waals surface area contributed by atoms with Gasteiger partial charge < -0.3 is 14.4 Å². The standard InChI is InChI=1S/C25H30N2O5/c1-31-23-11-10-19(17-24(23)32-20-6-2-3-7-20)16-18-12-14-26(15-13-18)25(28)21-8-4-5-9-22(21)27(29)30/h4-5,8-11,17-18,20H,2-3,6-7,12-16H2,1H3. The molecule has 1 heterocycles. The third kappa shape index (κ3) is 5.03. The summed E-state index contributed by atoms with van der Waals surface area (Å²) in [7, 11) is 1.67. The first-order chi connectivity index (χ1) is 15.5. The Bertz CT molecular complexity index is 963. The van der Waals surface area contributed by atoms with Crippen molar-refractivity contribution in [3.63, 3.8) is 0 Å². The fourth-order valence-electron chi connectivity index (χ4n) is 4.78. The minimum Gasteiger partial charge on any atom is -0.493 e. The molecule has 2 aliphatic rings. The number of nitro groups is 1. The van der Waals surface area contributed by atoms with Crippen LogP contribution in [0, 0.1) is 16.0 Å². The van der Waals surface area contributed by atoms with Crippen LogP contribution in [0.15, 0.2) is 42.5 Å². The second kappa shape index (κ2) is 10.0. The first-order valence-electron chi connectivity index (χ1n) is 11.4. The topological polar surface area (TPSA) is 81.9 Å². The van der Waals surface area contributed by atoms with Gasteiger partial charge in [-0.25, -0.2) is 0 Å². The largest absolute Gasteiger partial charge is 0.493 e. The van der Waals surface area contributed by atoms with Crippen LogP contribution >= 0.6 is 0 Å². The molecule has 7 nitrogen and oxygen atoms in total. The number of carbonyl (C=O) groups excluding carboxylic acids is 1. The summed E-state index contributed by atoms with van der Waals surface area (Å²) < 4.78 is 11.7. The van der Waals surface area contributed by atoms with Crippen LogP contribution in [0.25, 0.3) is 0 Å². The van der Waals surface area contributed by atoms with Crippen molar-refractivity contribution >= 4 is 11.6 Å². The van der Waals surface area contributed by atoms with Crippen LogP contribution < -0.4 is 9.47 Å². The predicted molar refractivity (Wildman–Crippen MR) is 121 cm³/mol. The van der Waals surface area contributed by atoms with Gasteiger partial charge in [0.2, 0.25) is 0 Å².